The molecule has 0 saturated heterocycles. The van der Waals surface area contributed by atoms with Gasteiger partial charge in [0, 0.05) is 11.4 Å². The number of aromatic nitrogens is 2. The molecular weight excluding hydrogens is 360 g/mol. The van der Waals surface area contributed by atoms with Crippen LogP contribution in [0.15, 0.2) is 30.3 Å². The van der Waals surface area contributed by atoms with Crippen molar-refractivity contribution in [2.24, 2.45) is 0 Å². The lowest BCUT2D eigenvalue weighted by atomic mass is 10.1. The van der Waals surface area contributed by atoms with Crippen LogP contribution < -0.4 is 10.0 Å². The molecule has 1 aromatic heterocycles. The summed E-state index contributed by atoms with van der Waals surface area (Å²) in [5, 5.41) is 2.27. The van der Waals surface area contributed by atoms with Crippen LogP contribution in [-0.2, 0) is 20.5 Å². The molecule has 2 amide bonds. The fraction of sp³-hybridized carbons (Fsp3) is 0.250. The molecule has 0 radical (unpaired) electrons. The predicted octanol–water partition coefficient (Wildman–Crippen LogP) is 1.53. The molecule has 0 fully saturated rings. The van der Waals surface area contributed by atoms with Gasteiger partial charge >= 0.3 is 12.0 Å². The van der Waals surface area contributed by atoms with Gasteiger partial charge in [0.2, 0.25) is 16.0 Å². The van der Waals surface area contributed by atoms with Crippen molar-refractivity contribution in [3.63, 3.8) is 0 Å². The number of ether oxygens (including phenoxy) is 1. The highest BCUT2D eigenvalue weighted by atomic mass is 32.2. The van der Waals surface area contributed by atoms with Gasteiger partial charge in [-0.05, 0) is 31.5 Å². The first kappa shape index (κ1) is 19.3. The van der Waals surface area contributed by atoms with E-state index in [1.807, 2.05) is 4.72 Å². The third kappa shape index (κ3) is 5.24. The standard InChI is InChI=1S/C16H18N4O5S/c1-10-8-11(2)18-15(17-10)19-16(22)20-26(23,24)9-12-6-4-5-7-13(12)14(21)25-3/h4-8H,9H2,1-3H3,(H2,17,18,19,20,22). The number of benzene rings is 1. The Bertz CT molecular complexity index is 923. The molecule has 1 heterocycles. The molecule has 0 aliphatic rings. The van der Waals surface area contributed by atoms with Gasteiger partial charge < -0.3 is 4.74 Å². The van der Waals surface area contributed by atoms with Crippen LogP contribution in [-0.4, -0.2) is 37.5 Å². The Morgan fingerprint density at radius 2 is 1.73 bits per heavy atom. The number of amides is 2. The summed E-state index contributed by atoms with van der Waals surface area (Å²) in [6, 6.07) is 6.80. The van der Waals surface area contributed by atoms with Crippen molar-refractivity contribution >= 4 is 28.0 Å². The van der Waals surface area contributed by atoms with Crippen LogP contribution in [0.5, 0.6) is 0 Å². The molecule has 26 heavy (non-hydrogen) atoms. The fourth-order valence-corrected chi connectivity index (χ4v) is 3.31. The molecule has 138 valence electrons. The van der Waals surface area contributed by atoms with Crippen molar-refractivity contribution < 1.29 is 22.7 Å². The second-order valence-corrected chi connectivity index (χ2v) is 7.16. The van der Waals surface area contributed by atoms with Gasteiger partial charge in [0.1, 0.15) is 0 Å². The number of sulfonamides is 1. The van der Waals surface area contributed by atoms with Crippen molar-refractivity contribution in [2.45, 2.75) is 19.6 Å². The number of carbonyl (C=O) groups is 2. The number of nitrogens with one attached hydrogen (secondary N) is 2. The highest BCUT2D eigenvalue weighted by molar-refractivity contribution is 7.89. The lowest BCUT2D eigenvalue weighted by Crippen LogP contribution is -2.36. The quantitative estimate of drug-likeness (QED) is 0.755. The van der Waals surface area contributed by atoms with Gasteiger partial charge in [-0.1, -0.05) is 18.2 Å². The lowest BCUT2D eigenvalue weighted by molar-refractivity contribution is 0.0600. The second-order valence-electron chi connectivity index (χ2n) is 5.44. The number of hydrogen-bond donors (Lipinski definition) is 2. The molecule has 0 aliphatic heterocycles. The second kappa shape index (κ2) is 7.91. The van der Waals surface area contributed by atoms with E-state index in [9.17, 15) is 18.0 Å². The van der Waals surface area contributed by atoms with E-state index in [4.69, 9.17) is 0 Å². The molecule has 0 unspecified atom stereocenters. The summed E-state index contributed by atoms with van der Waals surface area (Å²) in [7, 11) is -2.87. The van der Waals surface area contributed by atoms with E-state index in [0.29, 0.717) is 11.4 Å². The van der Waals surface area contributed by atoms with E-state index in [1.54, 1.807) is 32.0 Å². The van der Waals surface area contributed by atoms with E-state index in [0.717, 1.165) is 0 Å². The van der Waals surface area contributed by atoms with E-state index in [-0.39, 0.29) is 17.1 Å². The molecule has 2 N–H and O–H groups in total. The van der Waals surface area contributed by atoms with Crippen molar-refractivity contribution in [3.05, 3.63) is 52.8 Å². The maximum atomic E-state index is 12.2. The van der Waals surface area contributed by atoms with Crippen molar-refractivity contribution in [1.82, 2.24) is 14.7 Å². The normalized spacial score (nSPS) is 10.9. The molecule has 0 bridgehead atoms. The van der Waals surface area contributed by atoms with E-state index >= 15 is 0 Å². The maximum Gasteiger partial charge on any atom is 0.338 e. The smallest absolute Gasteiger partial charge is 0.338 e. The summed E-state index contributed by atoms with van der Waals surface area (Å²) < 4.78 is 31.0. The Balaban J connectivity index is 2.11. The predicted molar refractivity (Wildman–Crippen MR) is 94.1 cm³/mol. The number of nitrogens with zero attached hydrogens (tertiary/aromatic N) is 2. The minimum absolute atomic E-state index is 0.00911. The molecule has 9 nitrogen and oxygen atoms in total. The van der Waals surface area contributed by atoms with Gasteiger partial charge in [-0.25, -0.2) is 32.7 Å². The number of esters is 1. The van der Waals surface area contributed by atoms with Crippen LogP contribution in [0.3, 0.4) is 0 Å². The number of urea groups is 1. The van der Waals surface area contributed by atoms with Crippen molar-refractivity contribution in [1.29, 1.82) is 0 Å². The van der Waals surface area contributed by atoms with E-state index in [2.05, 4.69) is 20.0 Å². The zero-order valence-electron chi connectivity index (χ0n) is 14.4. The molecule has 2 aromatic rings. The first-order chi connectivity index (χ1) is 12.2. The van der Waals surface area contributed by atoms with Crippen LogP contribution in [0.4, 0.5) is 10.7 Å². The first-order valence-corrected chi connectivity index (χ1v) is 9.15. The number of hydrogen-bond acceptors (Lipinski definition) is 7. The molecule has 0 saturated carbocycles. The summed E-state index contributed by atoms with van der Waals surface area (Å²) in [5.74, 6) is -1.24. The van der Waals surface area contributed by atoms with Crippen LogP contribution >= 0.6 is 0 Å². The topological polar surface area (TPSA) is 127 Å². The number of anilines is 1. The Morgan fingerprint density at radius 3 is 2.35 bits per heavy atom. The average molecular weight is 378 g/mol. The summed E-state index contributed by atoms with van der Waals surface area (Å²) in [6.07, 6.45) is 0. The maximum absolute atomic E-state index is 12.2. The Kier molecular flexibility index (Phi) is 5.88. The molecule has 0 atom stereocenters. The largest absolute Gasteiger partial charge is 0.465 e. The summed E-state index contributed by atoms with van der Waals surface area (Å²) in [5.41, 5.74) is 1.58. The van der Waals surface area contributed by atoms with Gasteiger partial charge in [0.25, 0.3) is 0 Å². The molecule has 0 aliphatic carbocycles. The monoisotopic (exact) mass is 378 g/mol. The lowest BCUT2D eigenvalue weighted by Gasteiger charge is -2.10. The third-order valence-electron chi connectivity index (χ3n) is 3.22. The third-order valence-corrected chi connectivity index (χ3v) is 4.41. The molecule has 0 spiro atoms. The molecule has 10 heteroatoms. The minimum Gasteiger partial charge on any atom is -0.465 e. The summed E-state index contributed by atoms with van der Waals surface area (Å²) in [4.78, 5) is 31.7. The Labute approximate surface area is 150 Å². The zero-order chi connectivity index (χ0) is 19.3. The van der Waals surface area contributed by atoms with Crippen molar-refractivity contribution in [3.8, 4) is 0 Å². The first-order valence-electron chi connectivity index (χ1n) is 7.50. The SMILES string of the molecule is COC(=O)c1ccccc1CS(=O)(=O)NC(=O)Nc1nc(C)cc(C)n1. The van der Waals surface area contributed by atoms with Crippen LogP contribution in [0.25, 0.3) is 0 Å². The van der Waals surface area contributed by atoms with Crippen LogP contribution in [0.2, 0.25) is 0 Å². The molecule has 2 rings (SSSR count). The van der Waals surface area contributed by atoms with Gasteiger partial charge in [-0.3, -0.25) is 5.32 Å². The van der Waals surface area contributed by atoms with E-state index < -0.39 is 27.8 Å². The minimum atomic E-state index is -4.06. The molecule has 1 aromatic carbocycles. The average Bonchev–Trinajstić information content (AvgIpc) is 2.52. The highest BCUT2D eigenvalue weighted by Crippen LogP contribution is 2.13. The van der Waals surface area contributed by atoms with Gasteiger partial charge in [-0.15, -0.1) is 0 Å². The zero-order valence-corrected chi connectivity index (χ0v) is 15.3. The highest BCUT2D eigenvalue weighted by Gasteiger charge is 2.20. The molecular formula is C16H18N4O5S. The summed E-state index contributed by atoms with van der Waals surface area (Å²) >= 11 is 0. The number of methoxy groups -OCH3 is 1. The van der Waals surface area contributed by atoms with E-state index in [1.165, 1.54) is 19.2 Å². The van der Waals surface area contributed by atoms with Crippen LogP contribution in [0, 0.1) is 13.8 Å². The van der Waals surface area contributed by atoms with Gasteiger partial charge in [-0.2, -0.15) is 0 Å². The van der Waals surface area contributed by atoms with Gasteiger partial charge in [0.05, 0.1) is 18.4 Å². The van der Waals surface area contributed by atoms with Gasteiger partial charge in [0.15, 0.2) is 0 Å². The number of carbonyl (C=O) groups excluding carboxylic acids is 2. The number of aryl methyl sites for hydroxylation is 2. The summed E-state index contributed by atoms with van der Waals surface area (Å²) in [6.45, 7) is 3.44. The van der Waals surface area contributed by atoms with Crippen LogP contribution in [0.1, 0.15) is 27.3 Å². The Morgan fingerprint density at radius 1 is 1.12 bits per heavy atom. The van der Waals surface area contributed by atoms with Crippen molar-refractivity contribution in [2.75, 3.05) is 12.4 Å². The number of rotatable bonds is 5. The Hall–Kier alpha value is -3.01. The fourth-order valence-electron chi connectivity index (χ4n) is 2.25.